The van der Waals surface area contributed by atoms with Crippen LogP contribution in [0.4, 0.5) is 0 Å². The largest absolute Gasteiger partial charge is 0.357 e. The lowest BCUT2D eigenvalue weighted by molar-refractivity contribution is 0.748. The minimum absolute atomic E-state index is 0.366. The van der Waals surface area contributed by atoms with E-state index in [9.17, 15) is 0 Å². The van der Waals surface area contributed by atoms with Crippen molar-refractivity contribution in [3.63, 3.8) is 0 Å². The van der Waals surface area contributed by atoms with Gasteiger partial charge < -0.3 is 5.32 Å². The Morgan fingerprint density at radius 1 is 1.20 bits per heavy atom. The van der Waals surface area contributed by atoms with Gasteiger partial charge >= 0.3 is 0 Å². The van der Waals surface area contributed by atoms with E-state index in [1.54, 1.807) is 11.8 Å². The SMILES string of the molecule is Cc1cccc(CN=C2NC(c3ccccc3)CS2)n1. The highest BCUT2D eigenvalue weighted by Gasteiger charge is 2.21. The Bertz CT molecular complexity index is 610. The fourth-order valence-electron chi connectivity index (χ4n) is 2.19. The number of amidine groups is 1. The first kappa shape index (κ1) is 13.2. The molecule has 1 atom stereocenters. The van der Waals surface area contributed by atoms with Crippen molar-refractivity contribution in [2.75, 3.05) is 5.75 Å². The summed E-state index contributed by atoms with van der Waals surface area (Å²) in [6.45, 7) is 2.64. The molecule has 1 aliphatic heterocycles. The zero-order chi connectivity index (χ0) is 13.8. The molecule has 2 heterocycles. The molecule has 2 aromatic rings. The first-order chi connectivity index (χ1) is 9.81. The van der Waals surface area contributed by atoms with Crippen molar-refractivity contribution < 1.29 is 0 Å². The van der Waals surface area contributed by atoms with Gasteiger partial charge in [0.1, 0.15) is 0 Å². The molecule has 102 valence electrons. The highest BCUT2D eigenvalue weighted by Crippen LogP contribution is 2.25. The first-order valence-corrected chi connectivity index (χ1v) is 7.71. The van der Waals surface area contributed by atoms with Crippen LogP contribution in [0.15, 0.2) is 53.5 Å². The number of aliphatic imine (C=N–C) groups is 1. The topological polar surface area (TPSA) is 37.3 Å². The Morgan fingerprint density at radius 2 is 2.05 bits per heavy atom. The monoisotopic (exact) mass is 283 g/mol. The van der Waals surface area contributed by atoms with E-state index in [0.717, 1.165) is 22.3 Å². The lowest BCUT2D eigenvalue weighted by Gasteiger charge is -2.09. The zero-order valence-electron chi connectivity index (χ0n) is 11.4. The molecule has 20 heavy (non-hydrogen) atoms. The lowest BCUT2D eigenvalue weighted by Crippen LogP contribution is -2.19. The molecule has 0 amide bonds. The predicted octanol–water partition coefficient (Wildman–Crippen LogP) is 3.32. The predicted molar refractivity (Wildman–Crippen MR) is 84.9 cm³/mol. The molecule has 1 N–H and O–H groups in total. The average Bonchev–Trinajstić information content (AvgIpc) is 2.95. The van der Waals surface area contributed by atoms with E-state index in [0.29, 0.717) is 12.6 Å². The number of benzene rings is 1. The second-order valence-electron chi connectivity index (χ2n) is 4.81. The van der Waals surface area contributed by atoms with Crippen LogP contribution in [0.1, 0.15) is 23.0 Å². The third kappa shape index (κ3) is 3.20. The quantitative estimate of drug-likeness (QED) is 0.939. The summed E-state index contributed by atoms with van der Waals surface area (Å²) in [4.78, 5) is 9.08. The van der Waals surface area contributed by atoms with Crippen LogP contribution in [0.3, 0.4) is 0 Å². The molecule has 0 aliphatic carbocycles. The highest BCUT2D eigenvalue weighted by molar-refractivity contribution is 8.14. The highest BCUT2D eigenvalue weighted by atomic mass is 32.2. The third-order valence-electron chi connectivity index (χ3n) is 3.22. The van der Waals surface area contributed by atoms with Gasteiger partial charge in [0.15, 0.2) is 5.17 Å². The minimum atomic E-state index is 0.366. The van der Waals surface area contributed by atoms with Crippen molar-refractivity contribution in [3.8, 4) is 0 Å². The molecule has 0 bridgehead atoms. The molecule has 1 aromatic heterocycles. The fourth-order valence-corrected chi connectivity index (χ4v) is 3.17. The number of hydrogen-bond donors (Lipinski definition) is 1. The zero-order valence-corrected chi connectivity index (χ0v) is 12.2. The van der Waals surface area contributed by atoms with Crippen molar-refractivity contribution in [1.82, 2.24) is 10.3 Å². The van der Waals surface area contributed by atoms with Crippen LogP contribution in [0.2, 0.25) is 0 Å². The number of pyridine rings is 1. The Balaban J connectivity index is 1.64. The molecular weight excluding hydrogens is 266 g/mol. The molecule has 1 aliphatic rings. The number of thioether (sulfide) groups is 1. The number of hydrogen-bond acceptors (Lipinski definition) is 3. The van der Waals surface area contributed by atoms with E-state index in [1.807, 2.05) is 31.2 Å². The Kier molecular flexibility index (Phi) is 4.02. The van der Waals surface area contributed by atoms with Crippen molar-refractivity contribution in [3.05, 3.63) is 65.5 Å². The number of nitrogens with zero attached hydrogens (tertiary/aromatic N) is 2. The summed E-state index contributed by atoms with van der Waals surface area (Å²) >= 11 is 1.78. The summed E-state index contributed by atoms with van der Waals surface area (Å²) in [5.74, 6) is 1.03. The second kappa shape index (κ2) is 6.09. The summed E-state index contributed by atoms with van der Waals surface area (Å²) in [5, 5.41) is 4.49. The Morgan fingerprint density at radius 3 is 2.85 bits per heavy atom. The van der Waals surface area contributed by atoms with Crippen LogP contribution in [0.25, 0.3) is 0 Å². The number of nitrogens with one attached hydrogen (secondary N) is 1. The molecule has 1 saturated heterocycles. The maximum absolute atomic E-state index is 4.62. The van der Waals surface area contributed by atoms with E-state index < -0.39 is 0 Å². The second-order valence-corrected chi connectivity index (χ2v) is 5.82. The van der Waals surface area contributed by atoms with Crippen LogP contribution < -0.4 is 5.32 Å². The molecular formula is C16H17N3S. The molecule has 0 saturated carbocycles. The summed E-state index contributed by atoms with van der Waals surface area (Å²) in [5.41, 5.74) is 3.37. The van der Waals surface area contributed by atoms with Gasteiger partial charge in [0.2, 0.25) is 0 Å². The van der Waals surface area contributed by atoms with E-state index >= 15 is 0 Å². The molecule has 1 aromatic carbocycles. The third-order valence-corrected chi connectivity index (χ3v) is 4.24. The van der Waals surface area contributed by atoms with Crippen LogP contribution in [0, 0.1) is 6.92 Å². The number of rotatable bonds is 3. The van der Waals surface area contributed by atoms with Crippen LogP contribution in [-0.4, -0.2) is 15.9 Å². The van der Waals surface area contributed by atoms with Crippen molar-refractivity contribution in [1.29, 1.82) is 0 Å². The van der Waals surface area contributed by atoms with E-state index in [1.165, 1.54) is 5.56 Å². The smallest absolute Gasteiger partial charge is 0.157 e. The van der Waals surface area contributed by atoms with Gasteiger partial charge in [-0.3, -0.25) is 9.98 Å². The molecule has 4 heteroatoms. The summed E-state index contributed by atoms with van der Waals surface area (Å²) in [7, 11) is 0. The van der Waals surface area contributed by atoms with E-state index in [2.05, 4.69) is 39.6 Å². The maximum Gasteiger partial charge on any atom is 0.157 e. The van der Waals surface area contributed by atoms with Gasteiger partial charge in [-0.2, -0.15) is 0 Å². The Hall–Kier alpha value is -1.81. The van der Waals surface area contributed by atoms with Gasteiger partial charge in [-0.25, -0.2) is 0 Å². The standard InChI is InChI=1S/C16H17N3S/c1-12-6-5-9-14(18-12)10-17-16-19-15(11-20-16)13-7-3-2-4-8-13/h2-9,15H,10-11H2,1H3,(H,17,19). The molecule has 3 nitrogen and oxygen atoms in total. The molecule has 0 spiro atoms. The van der Waals surface area contributed by atoms with Gasteiger partial charge in [0, 0.05) is 11.4 Å². The number of aromatic nitrogens is 1. The minimum Gasteiger partial charge on any atom is -0.357 e. The summed E-state index contributed by atoms with van der Waals surface area (Å²) in [6, 6.07) is 16.9. The van der Waals surface area contributed by atoms with Gasteiger partial charge in [-0.05, 0) is 24.6 Å². The molecule has 1 fully saturated rings. The van der Waals surface area contributed by atoms with Crippen LogP contribution in [0.5, 0.6) is 0 Å². The van der Waals surface area contributed by atoms with E-state index in [4.69, 9.17) is 0 Å². The normalized spacial score (nSPS) is 20.1. The van der Waals surface area contributed by atoms with Crippen molar-refractivity contribution in [2.24, 2.45) is 4.99 Å². The summed E-state index contributed by atoms with van der Waals surface area (Å²) < 4.78 is 0. The molecule has 3 rings (SSSR count). The lowest BCUT2D eigenvalue weighted by atomic mass is 10.1. The van der Waals surface area contributed by atoms with E-state index in [-0.39, 0.29) is 0 Å². The maximum atomic E-state index is 4.62. The van der Waals surface area contributed by atoms with Gasteiger partial charge in [-0.15, -0.1) is 0 Å². The Labute approximate surface area is 123 Å². The molecule has 1 unspecified atom stereocenters. The van der Waals surface area contributed by atoms with Crippen molar-refractivity contribution in [2.45, 2.75) is 19.5 Å². The van der Waals surface area contributed by atoms with Crippen LogP contribution >= 0.6 is 11.8 Å². The molecule has 0 radical (unpaired) electrons. The first-order valence-electron chi connectivity index (χ1n) is 6.72. The van der Waals surface area contributed by atoms with Crippen LogP contribution in [-0.2, 0) is 6.54 Å². The van der Waals surface area contributed by atoms with Crippen molar-refractivity contribution >= 4 is 16.9 Å². The van der Waals surface area contributed by atoms with Gasteiger partial charge in [0.05, 0.1) is 18.3 Å². The van der Waals surface area contributed by atoms with Gasteiger partial charge in [-0.1, -0.05) is 48.2 Å². The number of aryl methyl sites for hydroxylation is 1. The summed E-state index contributed by atoms with van der Waals surface area (Å²) in [6.07, 6.45) is 0. The van der Waals surface area contributed by atoms with Gasteiger partial charge in [0.25, 0.3) is 0 Å². The fraction of sp³-hybridized carbons (Fsp3) is 0.250. The average molecular weight is 283 g/mol.